The standard InChI is InChI=1S/C7H6F3IN2O3S/c1-3-2-4(11)5(16-7(8,9)10)6(13-3)17(12,14)15/h2H,1H3,(H2,12,14,15). The third-order valence-electron chi connectivity index (χ3n) is 1.51. The van der Waals surface area contributed by atoms with E-state index in [9.17, 15) is 21.6 Å². The maximum Gasteiger partial charge on any atom is 0.573 e. The Kier molecular flexibility index (Phi) is 3.88. The number of nitrogens with zero attached hydrogens (tertiary/aromatic N) is 1. The van der Waals surface area contributed by atoms with Gasteiger partial charge in [0.15, 0.2) is 5.75 Å². The van der Waals surface area contributed by atoms with Gasteiger partial charge >= 0.3 is 6.36 Å². The van der Waals surface area contributed by atoms with Gasteiger partial charge in [0.1, 0.15) is 0 Å². The van der Waals surface area contributed by atoms with E-state index in [2.05, 4.69) is 9.72 Å². The fourth-order valence-electron chi connectivity index (χ4n) is 0.995. The summed E-state index contributed by atoms with van der Waals surface area (Å²) >= 11 is 1.51. The summed E-state index contributed by atoms with van der Waals surface area (Å²) in [5, 5.41) is 3.84. The van der Waals surface area contributed by atoms with Crippen LogP contribution in [0.5, 0.6) is 5.75 Å². The molecule has 5 nitrogen and oxygen atoms in total. The molecule has 0 saturated heterocycles. The molecule has 1 heterocycles. The molecule has 0 aliphatic rings. The highest BCUT2D eigenvalue weighted by atomic mass is 127. The van der Waals surface area contributed by atoms with Crippen LogP contribution >= 0.6 is 22.6 Å². The number of sulfonamides is 1. The normalized spacial score (nSPS) is 12.6. The van der Waals surface area contributed by atoms with E-state index in [0.717, 1.165) is 0 Å². The number of rotatable bonds is 2. The van der Waals surface area contributed by atoms with Crippen LogP contribution in [0.2, 0.25) is 0 Å². The van der Waals surface area contributed by atoms with Crippen molar-refractivity contribution < 1.29 is 26.3 Å². The lowest BCUT2D eigenvalue weighted by Gasteiger charge is -2.13. The lowest BCUT2D eigenvalue weighted by molar-refractivity contribution is -0.276. The Hall–Kier alpha value is -0.620. The first-order chi connectivity index (χ1) is 7.50. The minimum Gasteiger partial charge on any atom is -0.401 e. The third kappa shape index (κ3) is 3.96. The highest BCUT2D eigenvalue weighted by Gasteiger charge is 2.35. The summed E-state index contributed by atoms with van der Waals surface area (Å²) in [6.45, 7) is 1.42. The van der Waals surface area contributed by atoms with Crippen LogP contribution in [0.1, 0.15) is 5.69 Å². The van der Waals surface area contributed by atoms with Gasteiger partial charge in [-0.2, -0.15) is 0 Å². The molecule has 17 heavy (non-hydrogen) atoms. The molecule has 96 valence electrons. The molecule has 10 heteroatoms. The first-order valence-electron chi connectivity index (χ1n) is 3.96. The van der Waals surface area contributed by atoms with Crippen molar-refractivity contribution in [3.63, 3.8) is 0 Å². The lowest BCUT2D eigenvalue weighted by atomic mass is 10.4. The number of ether oxygens (including phenoxy) is 1. The van der Waals surface area contributed by atoms with Crippen molar-refractivity contribution in [3.05, 3.63) is 15.3 Å². The fourth-order valence-corrected chi connectivity index (χ4v) is 2.68. The Morgan fingerprint density at radius 3 is 2.41 bits per heavy atom. The van der Waals surface area contributed by atoms with Gasteiger partial charge < -0.3 is 4.74 Å². The third-order valence-corrected chi connectivity index (χ3v) is 3.13. The van der Waals surface area contributed by atoms with Crippen molar-refractivity contribution in [2.24, 2.45) is 5.14 Å². The lowest BCUT2D eigenvalue weighted by Crippen LogP contribution is -2.23. The van der Waals surface area contributed by atoms with E-state index >= 15 is 0 Å². The van der Waals surface area contributed by atoms with Crippen LogP contribution in [0.15, 0.2) is 11.1 Å². The molecule has 0 radical (unpaired) electrons. The van der Waals surface area contributed by atoms with Gasteiger partial charge in [-0.1, -0.05) is 0 Å². The zero-order chi connectivity index (χ0) is 13.4. The van der Waals surface area contributed by atoms with Gasteiger partial charge in [-0.3, -0.25) is 0 Å². The van der Waals surface area contributed by atoms with Crippen LogP contribution in [0.25, 0.3) is 0 Å². The molecule has 2 N–H and O–H groups in total. The molecule has 0 aromatic carbocycles. The van der Waals surface area contributed by atoms with Gasteiger partial charge in [-0.25, -0.2) is 18.5 Å². The molecule has 0 atom stereocenters. The molecule has 0 bridgehead atoms. The van der Waals surface area contributed by atoms with Crippen molar-refractivity contribution in [2.75, 3.05) is 0 Å². The summed E-state index contributed by atoms with van der Waals surface area (Å²) in [5.74, 6) is -0.911. The molecule has 0 spiro atoms. The number of alkyl halides is 3. The van der Waals surface area contributed by atoms with Crippen molar-refractivity contribution in [3.8, 4) is 5.75 Å². The number of aryl methyl sites for hydroxylation is 1. The first-order valence-corrected chi connectivity index (χ1v) is 6.59. The van der Waals surface area contributed by atoms with Crippen LogP contribution < -0.4 is 9.88 Å². The smallest absolute Gasteiger partial charge is 0.401 e. The Balaban J connectivity index is 3.47. The van der Waals surface area contributed by atoms with Gasteiger partial charge in [-0.15, -0.1) is 13.2 Å². The second kappa shape index (κ2) is 4.57. The van der Waals surface area contributed by atoms with E-state index in [1.54, 1.807) is 0 Å². The van der Waals surface area contributed by atoms with Crippen LogP contribution in [0.3, 0.4) is 0 Å². The van der Waals surface area contributed by atoms with Crippen molar-refractivity contribution >= 4 is 32.6 Å². The summed E-state index contributed by atoms with van der Waals surface area (Å²) in [7, 11) is -4.39. The summed E-state index contributed by atoms with van der Waals surface area (Å²) < 4.78 is 62.1. The van der Waals surface area contributed by atoms with Gasteiger partial charge in [0.2, 0.25) is 5.03 Å². The van der Waals surface area contributed by atoms with E-state index in [-0.39, 0.29) is 9.26 Å². The topological polar surface area (TPSA) is 82.3 Å². The van der Waals surface area contributed by atoms with Crippen LogP contribution in [0.4, 0.5) is 13.2 Å². The predicted octanol–water partition coefficient (Wildman–Crippen LogP) is 1.54. The molecule has 0 saturated carbocycles. The second-order valence-electron chi connectivity index (χ2n) is 2.97. The zero-order valence-electron chi connectivity index (χ0n) is 8.25. The van der Waals surface area contributed by atoms with Gasteiger partial charge in [0, 0.05) is 5.69 Å². The Morgan fingerprint density at radius 1 is 1.47 bits per heavy atom. The molecule has 0 unspecified atom stereocenters. The minimum absolute atomic E-state index is 0.0450. The second-order valence-corrected chi connectivity index (χ2v) is 5.61. The monoisotopic (exact) mass is 382 g/mol. The molecule has 0 fully saturated rings. The molecule has 0 aliphatic heterocycles. The van der Waals surface area contributed by atoms with Gasteiger partial charge in [-0.05, 0) is 35.6 Å². The number of hydrogen-bond acceptors (Lipinski definition) is 4. The van der Waals surface area contributed by atoms with Crippen LogP contribution in [0, 0.1) is 10.5 Å². The highest BCUT2D eigenvalue weighted by molar-refractivity contribution is 14.1. The predicted molar refractivity (Wildman–Crippen MR) is 59.7 cm³/mol. The summed E-state index contributed by atoms with van der Waals surface area (Å²) in [4.78, 5) is 3.45. The molecule has 1 aromatic rings. The molecular weight excluding hydrogens is 376 g/mol. The molecular formula is C7H6F3IN2O3S. The first kappa shape index (κ1) is 14.4. The van der Waals surface area contributed by atoms with Crippen LogP contribution in [-0.2, 0) is 10.0 Å². The largest absolute Gasteiger partial charge is 0.573 e. The van der Waals surface area contributed by atoms with Crippen molar-refractivity contribution in [1.29, 1.82) is 0 Å². The maximum atomic E-state index is 12.1. The van der Waals surface area contributed by atoms with Gasteiger partial charge in [0.25, 0.3) is 10.0 Å². The number of nitrogens with two attached hydrogens (primary N) is 1. The van der Waals surface area contributed by atoms with E-state index in [1.165, 1.54) is 35.6 Å². The van der Waals surface area contributed by atoms with Crippen molar-refractivity contribution in [2.45, 2.75) is 18.3 Å². The molecule has 0 aliphatic carbocycles. The number of halogens is 4. The van der Waals surface area contributed by atoms with Crippen molar-refractivity contribution in [1.82, 2.24) is 4.98 Å². The minimum atomic E-state index is -5.02. The molecule has 1 rings (SSSR count). The number of hydrogen-bond donors (Lipinski definition) is 1. The quantitative estimate of drug-likeness (QED) is 0.787. The maximum absolute atomic E-state index is 12.1. The Bertz CT molecular complexity index is 544. The average Bonchev–Trinajstić information content (AvgIpc) is 2.05. The SMILES string of the molecule is Cc1cc(I)c(OC(F)(F)F)c(S(N)(=O)=O)n1. The highest BCUT2D eigenvalue weighted by Crippen LogP contribution is 2.32. The number of aromatic nitrogens is 1. The van der Waals surface area contributed by atoms with Gasteiger partial charge in [0.05, 0.1) is 3.57 Å². The molecule has 0 amide bonds. The number of primary sulfonamides is 1. The van der Waals surface area contributed by atoms with Crippen LogP contribution in [-0.4, -0.2) is 19.8 Å². The molecule has 1 aromatic heterocycles. The Morgan fingerprint density at radius 2 is 2.00 bits per heavy atom. The average molecular weight is 382 g/mol. The Labute approximate surface area is 108 Å². The zero-order valence-corrected chi connectivity index (χ0v) is 11.2. The van der Waals surface area contributed by atoms with E-state index < -0.39 is 27.2 Å². The fraction of sp³-hybridized carbons (Fsp3) is 0.286. The summed E-state index contributed by atoms with van der Waals surface area (Å²) in [5.41, 5.74) is 0.216. The summed E-state index contributed by atoms with van der Waals surface area (Å²) in [6.07, 6.45) is -5.02. The van der Waals surface area contributed by atoms with E-state index in [4.69, 9.17) is 5.14 Å². The van der Waals surface area contributed by atoms with E-state index in [0.29, 0.717) is 0 Å². The number of pyridine rings is 1. The van der Waals surface area contributed by atoms with E-state index in [1.807, 2.05) is 0 Å². The summed E-state index contributed by atoms with van der Waals surface area (Å²) in [6, 6.07) is 1.25.